The van der Waals surface area contributed by atoms with Crippen molar-refractivity contribution in [3.05, 3.63) is 6.33 Å². The van der Waals surface area contributed by atoms with Crippen molar-refractivity contribution < 1.29 is 4.84 Å². The second-order valence-electron chi connectivity index (χ2n) is 3.40. The Labute approximate surface area is 108 Å². The summed E-state index contributed by atoms with van der Waals surface area (Å²) in [6.45, 7) is 6.17. The summed E-state index contributed by atoms with van der Waals surface area (Å²) >= 11 is 0. The van der Waals surface area contributed by atoms with E-state index in [1.54, 1.807) is 0 Å². The number of aromatic nitrogens is 3. The fraction of sp³-hybridized carbons (Fsp3) is 0.700. The predicted molar refractivity (Wildman–Crippen MR) is 70.5 cm³/mol. The molecule has 0 saturated carbocycles. The van der Waals surface area contributed by atoms with Crippen molar-refractivity contribution >= 4 is 24.3 Å². The molecule has 0 saturated heterocycles. The topological polar surface area (TPSA) is 63.2 Å². The van der Waals surface area contributed by atoms with E-state index in [4.69, 9.17) is 4.84 Å². The van der Waals surface area contributed by atoms with E-state index >= 15 is 0 Å². The highest BCUT2D eigenvalue weighted by atomic mass is 35.5. The fourth-order valence-corrected chi connectivity index (χ4v) is 1.43. The summed E-state index contributed by atoms with van der Waals surface area (Å²) in [5.74, 6) is 1.13. The molecule has 0 amide bonds. The van der Waals surface area contributed by atoms with E-state index in [9.17, 15) is 0 Å². The van der Waals surface area contributed by atoms with Crippen LogP contribution in [0, 0.1) is 0 Å². The Hall–Kier alpha value is -1.14. The van der Waals surface area contributed by atoms with Crippen molar-refractivity contribution in [2.24, 2.45) is 0 Å². The first-order chi connectivity index (χ1) is 7.81. The standard InChI is InChI=1S/C10H19N5O.ClH/c1-4-6-15(7-5-2)10-12-8-11-9(13-10)14-16-3;/h8H,4-7H2,1-3H3,(H,11,12,13,14);1H. The molecular formula is C10H20ClN5O. The van der Waals surface area contributed by atoms with Gasteiger partial charge < -0.3 is 4.90 Å². The maximum atomic E-state index is 4.76. The molecule has 0 bridgehead atoms. The van der Waals surface area contributed by atoms with Gasteiger partial charge in [0, 0.05) is 13.1 Å². The zero-order valence-corrected chi connectivity index (χ0v) is 11.3. The minimum Gasteiger partial charge on any atom is -0.341 e. The monoisotopic (exact) mass is 261 g/mol. The first-order valence-corrected chi connectivity index (χ1v) is 5.54. The van der Waals surface area contributed by atoms with Crippen molar-refractivity contribution in [1.29, 1.82) is 0 Å². The predicted octanol–water partition coefficient (Wildman–Crippen LogP) is 1.89. The van der Waals surface area contributed by atoms with Crippen molar-refractivity contribution in [2.45, 2.75) is 26.7 Å². The number of nitrogens with one attached hydrogen (secondary N) is 1. The van der Waals surface area contributed by atoms with Gasteiger partial charge in [0.15, 0.2) is 0 Å². The van der Waals surface area contributed by atoms with Gasteiger partial charge in [0.25, 0.3) is 5.95 Å². The van der Waals surface area contributed by atoms with Gasteiger partial charge in [0.1, 0.15) is 6.33 Å². The number of rotatable bonds is 7. The van der Waals surface area contributed by atoms with Gasteiger partial charge in [-0.05, 0) is 12.8 Å². The molecule has 0 aromatic carbocycles. The van der Waals surface area contributed by atoms with Crippen LogP contribution < -0.4 is 10.4 Å². The Bertz CT molecular complexity index is 307. The zero-order chi connectivity index (χ0) is 11.8. The van der Waals surface area contributed by atoms with Gasteiger partial charge in [-0.25, -0.2) is 10.5 Å². The van der Waals surface area contributed by atoms with Crippen LogP contribution in [0.3, 0.4) is 0 Å². The van der Waals surface area contributed by atoms with E-state index < -0.39 is 0 Å². The molecule has 0 aliphatic carbocycles. The Morgan fingerprint density at radius 2 is 1.88 bits per heavy atom. The minimum atomic E-state index is 0. The molecule has 17 heavy (non-hydrogen) atoms. The van der Waals surface area contributed by atoms with Gasteiger partial charge in [-0.15, -0.1) is 12.4 Å². The average Bonchev–Trinajstić information content (AvgIpc) is 2.30. The third kappa shape index (κ3) is 5.14. The summed E-state index contributed by atoms with van der Waals surface area (Å²) in [6, 6.07) is 0. The van der Waals surface area contributed by atoms with Crippen LogP contribution in [0.5, 0.6) is 0 Å². The maximum absolute atomic E-state index is 4.76. The average molecular weight is 262 g/mol. The van der Waals surface area contributed by atoms with E-state index in [-0.39, 0.29) is 12.4 Å². The van der Waals surface area contributed by atoms with Gasteiger partial charge >= 0.3 is 0 Å². The Morgan fingerprint density at radius 3 is 2.41 bits per heavy atom. The second-order valence-corrected chi connectivity index (χ2v) is 3.40. The van der Waals surface area contributed by atoms with Crippen LogP contribution in [0.15, 0.2) is 6.33 Å². The summed E-state index contributed by atoms with van der Waals surface area (Å²) in [6.07, 6.45) is 3.62. The molecule has 0 spiro atoms. The summed E-state index contributed by atoms with van der Waals surface area (Å²) in [4.78, 5) is 19.3. The van der Waals surface area contributed by atoms with Crippen LogP contribution in [0.1, 0.15) is 26.7 Å². The van der Waals surface area contributed by atoms with Crippen molar-refractivity contribution in [3.8, 4) is 0 Å². The number of nitrogens with zero attached hydrogens (tertiary/aromatic N) is 4. The molecule has 1 aromatic heterocycles. The number of hydrogen-bond donors (Lipinski definition) is 1. The molecule has 98 valence electrons. The third-order valence-corrected chi connectivity index (χ3v) is 2.02. The smallest absolute Gasteiger partial charge is 0.251 e. The van der Waals surface area contributed by atoms with E-state index in [1.807, 2.05) is 0 Å². The van der Waals surface area contributed by atoms with E-state index in [1.165, 1.54) is 13.4 Å². The van der Waals surface area contributed by atoms with Gasteiger partial charge in [0.05, 0.1) is 7.11 Å². The lowest BCUT2D eigenvalue weighted by molar-refractivity contribution is 0.267. The molecule has 7 heteroatoms. The maximum Gasteiger partial charge on any atom is 0.251 e. The molecule has 1 rings (SSSR count). The van der Waals surface area contributed by atoms with Gasteiger partial charge in [0.2, 0.25) is 5.95 Å². The SMILES string of the molecule is CCCN(CCC)c1ncnc(NOC)n1.Cl. The molecule has 6 nitrogen and oxygen atoms in total. The van der Waals surface area contributed by atoms with Crippen LogP contribution in [0.2, 0.25) is 0 Å². The van der Waals surface area contributed by atoms with Crippen molar-refractivity contribution in [2.75, 3.05) is 30.6 Å². The summed E-state index contributed by atoms with van der Waals surface area (Å²) in [5, 5.41) is 0. The molecule has 1 N–H and O–H groups in total. The van der Waals surface area contributed by atoms with Crippen LogP contribution in [0.25, 0.3) is 0 Å². The fourth-order valence-electron chi connectivity index (χ4n) is 1.43. The molecule has 0 atom stereocenters. The van der Waals surface area contributed by atoms with E-state index in [0.717, 1.165) is 25.9 Å². The van der Waals surface area contributed by atoms with Gasteiger partial charge in [-0.1, -0.05) is 13.8 Å². The Balaban J connectivity index is 0.00000256. The quantitative estimate of drug-likeness (QED) is 0.757. The highest BCUT2D eigenvalue weighted by molar-refractivity contribution is 5.85. The van der Waals surface area contributed by atoms with Crippen LogP contribution >= 0.6 is 12.4 Å². The third-order valence-electron chi connectivity index (χ3n) is 2.02. The molecule has 1 heterocycles. The van der Waals surface area contributed by atoms with Crippen LogP contribution in [-0.4, -0.2) is 35.2 Å². The van der Waals surface area contributed by atoms with Crippen LogP contribution in [-0.2, 0) is 4.84 Å². The zero-order valence-electron chi connectivity index (χ0n) is 10.5. The Morgan fingerprint density at radius 1 is 1.24 bits per heavy atom. The van der Waals surface area contributed by atoms with Gasteiger partial charge in [-0.2, -0.15) is 9.97 Å². The first kappa shape index (κ1) is 15.9. The number of anilines is 2. The highest BCUT2D eigenvalue weighted by Crippen LogP contribution is 2.09. The summed E-state index contributed by atoms with van der Waals surface area (Å²) in [5.41, 5.74) is 2.60. The lowest BCUT2D eigenvalue weighted by atomic mass is 10.4. The summed E-state index contributed by atoms with van der Waals surface area (Å²) in [7, 11) is 1.53. The molecule has 0 unspecified atom stereocenters. The molecule has 1 aromatic rings. The second kappa shape index (κ2) is 8.95. The van der Waals surface area contributed by atoms with E-state index in [0.29, 0.717) is 11.9 Å². The van der Waals surface area contributed by atoms with E-state index in [2.05, 4.69) is 39.2 Å². The lowest BCUT2D eigenvalue weighted by Crippen LogP contribution is -2.27. The first-order valence-electron chi connectivity index (χ1n) is 5.54. The number of halogens is 1. The van der Waals surface area contributed by atoms with Crippen molar-refractivity contribution in [1.82, 2.24) is 15.0 Å². The largest absolute Gasteiger partial charge is 0.341 e. The molecule has 0 aliphatic rings. The van der Waals surface area contributed by atoms with Crippen molar-refractivity contribution in [3.63, 3.8) is 0 Å². The Kier molecular flexibility index (Phi) is 8.35. The normalized spacial score (nSPS) is 9.59. The molecule has 0 radical (unpaired) electrons. The molecule has 0 fully saturated rings. The van der Waals surface area contributed by atoms with Crippen LogP contribution in [0.4, 0.5) is 11.9 Å². The minimum absolute atomic E-state index is 0. The molecular weight excluding hydrogens is 242 g/mol. The summed E-state index contributed by atoms with van der Waals surface area (Å²) < 4.78 is 0. The lowest BCUT2D eigenvalue weighted by Gasteiger charge is -2.21. The highest BCUT2D eigenvalue weighted by Gasteiger charge is 2.08. The molecule has 0 aliphatic heterocycles. The van der Waals surface area contributed by atoms with Gasteiger partial charge in [-0.3, -0.25) is 4.84 Å². The number of hydrogen-bond acceptors (Lipinski definition) is 6.